The second-order valence-corrected chi connectivity index (χ2v) is 4.02. The van der Waals surface area contributed by atoms with Gasteiger partial charge in [-0.1, -0.05) is 18.2 Å². The molecule has 0 aromatic heterocycles. The third kappa shape index (κ3) is 3.61. The molecule has 0 fully saturated rings. The van der Waals surface area contributed by atoms with Crippen molar-refractivity contribution in [1.29, 1.82) is 0 Å². The maximum absolute atomic E-state index is 10.5. The first-order chi connectivity index (χ1) is 7.44. The maximum Gasteiger partial charge on any atom is 0.397 e. The van der Waals surface area contributed by atoms with E-state index in [9.17, 15) is 18.3 Å². The molecule has 88 valence electrons. The molecule has 0 heterocycles. The van der Waals surface area contributed by atoms with E-state index in [0.29, 0.717) is 6.29 Å². The summed E-state index contributed by atoms with van der Waals surface area (Å²) >= 11 is 0. The molecule has 0 saturated carbocycles. The van der Waals surface area contributed by atoms with Crippen LogP contribution in [0, 0.1) is 0 Å². The van der Waals surface area contributed by atoms with E-state index in [1.165, 1.54) is 18.2 Å². The van der Waals surface area contributed by atoms with Crippen LogP contribution in [-0.4, -0.2) is 24.4 Å². The summed E-state index contributed by atoms with van der Waals surface area (Å²) in [6, 6.07) is 5.79. The van der Waals surface area contributed by atoms with Crippen molar-refractivity contribution < 1.29 is 27.1 Å². The number of hydrogen-bond acceptors (Lipinski definition) is 5. The van der Waals surface area contributed by atoms with Crippen molar-refractivity contribution in [1.82, 2.24) is 0 Å². The molecule has 0 bridgehead atoms. The van der Waals surface area contributed by atoms with Gasteiger partial charge >= 0.3 is 10.4 Å². The van der Waals surface area contributed by atoms with Crippen LogP contribution >= 0.6 is 0 Å². The Morgan fingerprint density at radius 1 is 1.38 bits per heavy atom. The molecule has 1 atom stereocenters. The fraction of sp³-hybridized carbons (Fsp3) is 0.222. The summed E-state index contributed by atoms with van der Waals surface area (Å²) in [4.78, 5) is 10.3. The number of benzene rings is 1. The molecule has 1 rings (SSSR count). The van der Waals surface area contributed by atoms with E-state index < -0.39 is 16.5 Å². The first kappa shape index (κ1) is 12.6. The lowest BCUT2D eigenvalue weighted by Crippen LogP contribution is -2.11. The fourth-order valence-electron chi connectivity index (χ4n) is 1.21. The molecule has 0 spiro atoms. The molecule has 6 nitrogen and oxygen atoms in total. The lowest BCUT2D eigenvalue weighted by atomic mass is 10.1. The van der Waals surface area contributed by atoms with E-state index in [2.05, 4.69) is 4.18 Å². The van der Waals surface area contributed by atoms with Crippen molar-refractivity contribution in [3.05, 3.63) is 29.8 Å². The zero-order valence-corrected chi connectivity index (χ0v) is 8.92. The third-order valence-electron chi connectivity index (χ3n) is 1.83. The minimum atomic E-state index is -4.68. The predicted octanol–water partition coefficient (Wildman–Crippen LogP) is 0.842. The van der Waals surface area contributed by atoms with Gasteiger partial charge in [0.05, 0.1) is 0 Å². The quantitative estimate of drug-likeness (QED) is 0.589. The van der Waals surface area contributed by atoms with E-state index >= 15 is 0 Å². The Kier molecular flexibility index (Phi) is 3.99. The lowest BCUT2D eigenvalue weighted by Gasteiger charge is -2.14. The molecule has 0 aliphatic carbocycles. The summed E-state index contributed by atoms with van der Waals surface area (Å²) in [5.74, 6) is -0.210. The van der Waals surface area contributed by atoms with Crippen LogP contribution in [0.1, 0.15) is 18.1 Å². The number of hydrogen-bond donors (Lipinski definition) is 2. The van der Waals surface area contributed by atoms with Crippen molar-refractivity contribution >= 4 is 16.7 Å². The molecule has 1 aromatic carbocycles. The molecular formula is C9H10O6S. The average molecular weight is 246 g/mol. The molecule has 0 aliphatic rings. The largest absolute Gasteiger partial charge is 0.508 e. The minimum Gasteiger partial charge on any atom is -0.508 e. The fourth-order valence-corrected chi connectivity index (χ4v) is 1.69. The van der Waals surface area contributed by atoms with E-state index in [1.807, 2.05) is 0 Å². The van der Waals surface area contributed by atoms with Gasteiger partial charge in [0.25, 0.3) is 0 Å². The molecule has 0 radical (unpaired) electrons. The van der Waals surface area contributed by atoms with Gasteiger partial charge in [-0.2, -0.15) is 8.42 Å². The van der Waals surface area contributed by atoms with Crippen LogP contribution in [0.3, 0.4) is 0 Å². The number of rotatable bonds is 5. The van der Waals surface area contributed by atoms with E-state index in [1.54, 1.807) is 6.07 Å². The summed E-state index contributed by atoms with van der Waals surface area (Å²) in [6.45, 7) is 0. The Bertz CT molecular complexity index is 467. The van der Waals surface area contributed by atoms with Crippen LogP contribution in [0.2, 0.25) is 0 Å². The highest BCUT2D eigenvalue weighted by Gasteiger charge is 2.21. The SMILES string of the molecule is O=CCC(OS(=O)(=O)O)c1ccccc1O. The van der Waals surface area contributed by atoms with Gasteiger partial charge < -0.3 is 9.90 Å². The molecule has 1 aromatic rings. The molecule has 0 amide bonds. The van der Waals surface area contributed by atoms with Crippen molar-refractivity contribution in [3.63, 3.8) is 0 Å². The molecule has 16 heavy (non-hydrogen) atoms. The topological polar surface area (TPSA) is 101 Å². The van der Waals surface area contributed by atoms with Crippen molar-refractivity contribution in [2.75, 3.05) is 0 Å². The van der Waals surface area contributed by atoms with Gasteiger partial charge in [-0.15, -0.1) is 0 Å². The van der Waals surface area contributed by atoms with Crippen LogP contribution < -0.4 is 0 Å². The van der Waals surface area contributed by atoms with Crippen molar-refractivity contribution in [2.24, 2.45) is 0 Å². The summed E-state index contributed by atoms with van der Waals surface area (Å²) in [6.07, 6.45) is -1.09. The highest BCUT2D eigenvalue weighted by atomic mass is 32.3. The zero-order valence-electron chi connectivity index (χ0n) is 8.11. The number of carbonyl (C=O) groups is 1. The third-order valence-corrected chi connectivity index (χ3v) is 2.31. The Hall–Kier alpha value is -1.44. The standard InChI is InChI=1S/C9H10O6S/c10-6-5-9(15-16(12,13)14)7-3-1-2-4-8(7)11/h1-4,6,9,11H,5H2,(H,12,13,14). The summed E-state index contributed by atoms with van der Waals surface area (Å²) in [7, 11) is -4.68. The van der Waals surface area contributed by atoms with Gasteiger partial charge in [-0.05, 0) is 6.07 Å². The zero-order chi connectivity index (χ0) is 12.2. The Morgan fingerprint density at radius 3 is 2.50 bits per heavy atom. The highest BCUT2D eigenvalue weighted by molar-refractivity contribution is 7.80. The van der Waals surface area contributed by atoms with E-state index in [0.717, 1.165) is 0 Å². The highest BCUT2D eigenvalue weighted by Crippen LogP contribution is 2.29. The number of para-hydroxylation sites is 1. The second kappa shape index (κ2) is 5.06. The van der Waals surface area contributed by atoms with Gasteiger partial charge in [-0.25, -0.2) is 4.18 Å². The summed E-state index contributed by atoms with van der Waals surface area (Å²) in [5, 5.41) is 9.43. The van der Waals surface area contributed by atoms with Gasteiger partial charge in [0.2, 0.25) is 0 Å². The number of phenolic OH excluding ortho intramolecular Hbond substituents is 1. The summed E-state index contributed by atoms with van der Waals surface area (Å²) in [5.41, 5.74) is 0.118. The Labute approximate surface area is 92.4 Å². The van der Waals surface area contributed by atoms with Gasteiger partial charge in [0.15, 0.2) is 0 Å². The smallest absolute Gasteiger partial charge is 0.397 e. The first-order valence-electron chi connectivity index (χ1n) is 4.31. The normalized spacial score (nSPS) is 13.3. The van der Waals surface area contributed by atoms with Crippen LogP contribution in [0.25, 0.3) is 0 Å². The van der Waals surface area contributed by atoms with Crippen molar-refractivity contribution in [3.8, 4) is 5.75 Å². The lowest BCUT2D eigenvalue weighted by molar-refractivity contribution is -0.109. The Morgan fingerprint density at radius 2 is 2.00 bits per heavy atom. The second-order valence-electron chi connectivity index (χ2n) is 2.97. The number of aromatic hydroxyl groups is 1. The molecule has 1 unspecified atom stereocenters. The minimum absolute atomic E-state index is 0.118. The van der Waals surface area contributed by atoms with Crippen molar-refractivity contribution in [2.45, 2.75) is 12.5 Å². The van der Waals surface area contributed by atoms with Crippen LogP contribution in [0.5, 0.6) is 5.75 Å². The van der Waals surface area contributed by atoms with Crippen LogP contribution in [0.15, 0.2) is 24.3 Å². The number of aldehydes is 1. The van der Waals surface area contributed by atoms with Gasteiger partial charge in [0, 0.05) is 12.0 Å². The monoisotopic (exact) mass is 246 g/mol. The molecule has 0 aliphatic heterocycles. The van der Waals surface area contributed by atoms with Crippen LogP contribution in [-0.2, 0) is 19.4 Å². The van der Waals surface area contributed by atoms with Gasteiger partial charge in [-0.3, -0.25) is 4.55 Å². The predicted molar refractivity (Wildman–Crippen MR) is 54.2 cm³/mol. The molecular weight excluding hydrogens is 236 g/mol. The molecule has 2 N–H and O–H groups in total. The van der Waals surface area contributed by atoms with E-state index in [4.69, 9.17) is 4.55 Å². The number of carbonyl (C=O) groups excluding carboxylic acids is 1. The maximum atomic E-state index is 10.5. The average Bonchev–Trinajstić information content (AvgIpc) is 2.16. The molecule has 7 heteroatoms. The van der Waals surface area contributed by atoms with Gasteiger partial charge in [0.1, 0.15) is 18.1 Å². The molecule has 0 saturated heterocycles. The summed E-state index contributed by atoms with van der Waals surface area (Å²) < 4.78 is 33.9. The Balaban J connectivity index is 3.03. The van der Waals surface area contributed by atoms with Crippen LogP contribution in [0.4, 0.5) is 0 Å². The first-order valence-corrected chi connectivity index (χ1v) is 5.68. The number of phenols is 1. The van der Waals surface area contributed by atoms with E-state index in [-0.39, 0.29) is 17.7 Å².